The standard InChI is InChI=1S/C21H31N3O2/c1-16(25)22-18-9-6-8-17(14-18)21(26)23-19-10-7-13-24(15-19)20-11-4-2-3-5-12-20/h6,8-9,14,19-20H,2-5,7,10-13,15H2,1H3,(H,22,25)(H,23,26). The molecular formula is C21H31N3O2. The molecule has 142 valence electrons. The molecule has 1 atom stereocenters. The van der Waals surface area contributed by atoms with Crippen molar-refractivity contribution in [1.82, 2.24) is 10.2 Å². The molecule has 2 fully saturated rings. The molecule has 0 aromatic heterocycles. The highest BCUT2D eigenvalue weighted by molar-refractivity contribution is 5.96. The van der Waals surface area contributed by atoms with Gasteiger partial charge in [0, 0.05) is 36.8 Å². The van der Waals surface area contributed by atoms with Gasteiger partial charge in [-0.3, -0.25) is 14.5 Å². The average Bonchev–Trinajstić information content (AvgIpc) is 2.91. The Morgan fingerprint density at radius 1 is 1.04 bits per heavy atom. The van der Waals surface area contributed by atoms with Crippen molar-refractivity contribution in [1.29, 1.82) is 0 Å². The number of rotatable bonds is 4. The molecule has 0 bridgehead atoms. The van der Waals surface area contributed by atoms with Crippen LogP contribution in [0.15, 0.2) is 24.3 Å². The van der Waals surface area contributed by atoms with Crippen LogP contribution in [0.4, 0.5) is 5.69 Å². The monoisotopic (exact) mass is 357 g/mol. The topological polar surface area (TPSA) is 61.4 Å². The van der Waals surface area contributed by atoms with Crippen LogP contribution in [0.5, 0.6) is 0 Å². The predicted molar refractivity (Wildman–Crippen MR) is 104 cm³/mol. The molecule has 1 aromatic carbocycles. The molecule has 0 radical (unpaired) electrons. The lowest BCUT2D eigenvalue weighted by molar-refractivity contribution is -0.114. The van der Waals surface area contributed by atoms with Crippen LogP contribution in [0.1, 0.15) is 68.6 Å². The number of likely N-dealkylation sites (tertiary alicyclic amines) is 1. The van der Waals surface area contributed by atoms with Crippen molar-refractivity contribution < 1.29 is 9.59 Å². The number of amides is 2. The van der Waals surface area contributed by atoms with Crippen LogP contribution in [0.2, 0.25) is 0 Å². The molecule has 2 amide bonds. The van der Waals surface area contributed by atoms with Gasteiger partial charge in [-0.1, -0.05) is 31.7 Å². The summed E-state index contributed by atoms with van der Waals surface area (Å²) in [6, 6.07) is 8.05. The molecule has 3 rings (SSSR count). The Morgan fingerprint density at radius 2 is 1.81 bits per heavy atom. The van der Waals surface area contributed by atoms with Crippen LogP contribution in [0.25, 0.3) is 0 Å². The van der Waals surface area contributed by atoms with E-state index < -0.39 is 0 Å². The summed E-state index contributed by atoms with van der Waals surface area (Å²) >= 11 is 0. The van der Waals surface area contributed by atoms with Gasteiger partial charge in [-0.05, 0) is 50.4 Å². The maximum Gasteiger partial charge on any atom is 0.251 e. The molecule has 2 aliphatic rings. The molecule has 1 unspecified atom stereocenters. The van der Waals surface area contributed by atoms with E-state index in [1.54, 1.807) is 24.3 Å². The second-order valence-electron chi connectivity index (χ2n) is 7.71. The smallest absolute Gasteiger partial charge is 0.251 e. The minimum Gasteiger partial charge on any atom is -0.348 e. The SMILES string of the molecule is CC(=O)Nc1cccc(C(=O)NC2CCCN(C3CCCCCC3)C2)c1. The van der Waals surface area contributed by atoms with Gasteiger partial charge >= 0.3 is 0 Å². The number of carbonyl (C=O) groups excluding carboxylic acids is 2. The molecule has 1 aliphatic heterocycles. The van der Waals surface area contributed by atoms with Crippen molar-refractivity contribution >= 4 is 17.5 Å². The second-order valence-corrected chi connectivity index (χ2v) is 7.71. The fraction of sp³-hybridized carbons (Fsp3) is 0.619. The third kappa shape index (κ3) is 5.31. The first-order chi connectivity index (χ1) is 12.6. The largest absolute Gasteiger partial charge is 0.348 e. The minimum atomic E-state index is -0.131. The maximum atomic E-state index is 12.6. The minimum absolute atomic E-state index is 0.0510. The van der Waals surface area contributed by atoms with E-state index in [0.717, 1.165) is 25.9 Å². The number of nitrogens with one attached hydrogen (secondary N) is 2. The van der Waals surface area contributed by atoms with E-state index in [1.165, 1.54) is 45.4 Å². The number of benzene rings is 1. The van der Waals surface area contributed by atoms with Crippen LogP contribution in [0, 0.1) is 0 Å². The van der Waals surface area contributed by atoms with Crippen LogP contribution in [-0.2, 0) is 4.79 Å². The Kier molecular flexibility index (Phi) is 6.67. The van der Waals surface area contributed by atoms with Gasteiger partial charge in [-0.25, -0.2) is 0 Å². The molecule has 5 nitrogen and oxygen atoms in total. The summed E-state index contributed by atoms with van der Waals surface area (Å²) in [5.74, 6) is -0.182. The highest BCUT2D eigenvalue weighted by Gasteiger charge is 2.27. The molecule has 1 aliphatic carbocycles. The Balaban J connectivity index is 1.57. The molecule has 1 saturated heterocycles. The van der Waals surface area contributed by atoms with Gasteiger partial charge in [-0.2, -0.15) is 0 Å². The zero-order chi connectivity index (χ0) is 18.4. The number of anilines is 1. The molecule has 5 heteroatoms. The summed E-state index contributed by atoms with van der Waals surface area (Å²) in [5.41, 5.74) is 1.26. The van der Waals surface area contributed by atoms with Crippen molar-refractivity contribution in [3.63, 3.8) is 0 Å². The van der Waals surface area contributed by atoms with Gasteiger partial charge in [0.15, 0.2) is 0 Å². The lowest BCUT2D eigenvalue weighted by Gasteiger charge is -2.38. The van der Waals surface area contributed by atoms with E-state index in [4.69, 9.17) is 0 Å². The van der Waals surface area contributed by atoms with Crippen LogP contribution >= 0.6 is 0 Å². The van der Waals surface area contributed by atoms with E-state index in [2.05, 4.69) is 15.5 Å². The lowest BCUT2D eigenvalue weighted by Crippen LogP contribution is -2.50. The normalized spacial score (nSPS) is 22.4. The summed E-state index contributed by atoms with van der Waals surface area (Å²) in [7, 11) is 0. The second kappa shape index (κ2) is 9.17. The Labute approximate surface area is 156 Å². The lowest BCUT2D eigenvalue weighted by atomic mass is 9.99. The number of piperidine rings is 1. The van der Waals surface area contributed by atoms with E-state index in [1.807, 2.05) is 0 Å². The first-order valence-corrected chi connectivity index (χ1v) is 10.0. The highest BCUT2D eigenvalue weighted by atomic mass is 16.2. The maximum absolute atomic E-state index is 12.6. The predicted octanol–water partition coefficient (Wildman–Crippen LogP) is 3.56. The first-order valence-electron chi connectivity index (χ1n) is 10.0. The Morgan fingerprint density at radius 3 is 2.54 bits per heavy atom. The van der Waals surface area contributed by atoms with Gasteiger partial charge in [0.05, 0.1) is 0 Å². The molecule has 1 heterocycles. The van der Waals surface area contributed by atoms with E-state index in [-0.39, 0.29) is 17.9 Å². The zero-order valence-electron chi connectivity index (χ0n) is 15.8. The third-order valence-corrected chi connectivity index (χ3v) is 5.57. The number of hydrogen-bond acceptors (Lipinski definition) is 3. The summed E-state index contributed by atoms with van der Waals surface area (Å²) in [6.45, 7) is 3.59. The molecular weight excluding hydrogens is 326 g/mol. The van der Waals surface area contributed by atoms with E-state index >= 15 is 0 Å². The summed E-state index contributed by atoms with van der Waals surface area (Å²) in [5, 5.41) is 5.94. The molecule has 26 heavy (non-hydrogen) atoms. The van der Waals surface area contributed by atoms with Crippen molar-refractivity contribution in [3.05, 3.63) is 29.8 Å². The summed E-state index contributed by atoms with van der Waals surface area (Å²) < 4.78 is 0. The number of nitrogens with zero attached hydrogens (tertiary/aromatic N) is 1. The summed E-state index contributed by atoms with van der Waals surface area (Å²) in [4.78, 5) is 26.5. The van der Waals surface area contributed by atoms with E-state index in [9.17, 15) is 9.59 Å². The van der Waals surface area contributed by atoms with Crippen LogP contribution < -0.4 is 10.6 Å². The van der Waals surface area contributed by atoms with Crippen molar-refractivity contribution in [2.24, 2.45) is 0 Å². The van der Waals surface area contributed by atoms with Crippen LogP contribution in [0.3, 0.4) is 0 Å². The van der Waals surface area contributed by atoms with Crippen LogP contribution in [-0.4, -0.2) is 41.9 Å². The van der Waals surface area contributed by atoms with Gasteiger partial charge in [-0.15, -0.1) is 0 Å². The molecule has 1 aromatic rings. The molecule has 1 saturated carbocycles. The van der Waals surface area contributed by atoms with Gasteiger partial charge in [0.2, 0.25) is 5.91 Å². The van der Waals surface area contributed by atoms with Gasteiger partial charge < -0.3 is 10.6 Å². The van der Waals surface area contributed by atoms with Crippen molar-refractivity contribution in [3.8, 4) is 0 Å². The fourth-order valence-electron chi connectivity index (χ4n) is 4.29. The fourth-order valence-corrected chi connectivity index (χ4v) is 4.29. The molecule has 0 spiro atoms. The van der Waals surface area contributed by atoms with Crippen molar-refractivity contribution in [2.45, 2.75) is 70.4 Å². The van der Waals surface area contributed by atoms with E-state index in [0.29, 0.717) is 17.3 Å². The van der Waals surface area contributed by atoms with Gasteiger partial charge in [0.1, 0.15) is 0 Å². The Bertz CT molecular complexity index is 623. The molecule has 2 N–H and O–H groups in total. The number of carbonyl (C=O) groups is 2. The van der Waals surface area contributed by atoms with Crippen molar-refractivity contribution in [2.75, 3.05) is 18.4 Å². The Hall–Kier alpha value is -1.88. The summed E-state index contributed by atoms with van der Waals surface area (Å²) in [6.07, 6.45) is 10.2. The third-order valence-electron chi connectivity index (χ3n) is 5.57. The highest BCUT2D eigenvalue weighted by Crippen LogP contribution is 2.25. The van der Waals surface area contributed by atoms with Gasteiger partial charge in [0.25, 0.3) is 5.91 Å². The number of hydrogen-bond donors (Lipinski definition) is 2. The zero-order valence-corrected chi connectivity index (χ0v) is 15.8. The average molecular weight is 357 g/mol. The first kappa shape index (κ1) is 18.9. The quantitative estimate of drug-likeness (QED) is 0.810.